The van der Waals surface area contributed by atoms with E-state index in [2.05, 4.69) is 10.1 Å². The molecule has 0 radical (unpaired) electrons. The van der Waals surface area contributed by atoms with Gasteiger partial charge in [0.2, 0.25) is 0 Å². The van der Waals surface area contributed by atoms with E-state index in [1.54, 1.807) is 24.4 Å². The maximum Gasteiger partial charge on any atom is 0.188 e. The average molecular weight is 292 g/mol. The van der Waals surface area contributed by atoms with Crippen LogP contribution in [0.4, 0.5) is 0 Å². The van der Waals surface area contributed by atoms with Gasteiger partial charge >= 0.3 is 0 Å². The first kappa shape index (κ1) is 14.1. The number of nitrogens with two attached hydrogens (primary N) is 1. The summed E-state index contributed by atoms with van der Waals surface area (Å²) in [4.78, 5) is 4.00. The van der Waals surface area contributed by atoms with Crippen LogP contribution in [0.3, 0.4) is 0 Å². The van der Waals surface area contributed by atoms with E-state index in [0.29, 0.717) is 23.1 Å². The molecular weight excluding hydrogens is 278 g/mol. The van der Waals surface area contributed by atoms with Crippen LogP contribution >= 0.6 is 11.6 Å². The highest BCUT2D eigenvalue weighted by molar-refractivity contribution is 6.32. The van der Waals surface area contributed by atoms with Crippen LogP contribution in [0, 0.1) is 6.92 Å². The first-order valence-corrected chi connectivity index (χ1v) is 6.29. The van der Waals surface area contributed by atoms with Crippen molar-refractivity contribution in [3.05, 3.63) is 58.4 Å². The molecule has 0 aliphatic rings. The summed E-state index contributed by atoms with van der Waals surface area (Å²) in [5.41, 5.74) is 7.80. The lowest BCUT2D eigenvalue weighted by Gasteiger charge is -2.09. The predicted octanol–water partition coefficient (Wildman–Crippen LogP) is 2.72. The molecule has 0 bridgehead atoms. The molecule has 2 aromatic rings. The van der Waals surface area contributed by atoms with Crippen molar-refractivity contribution in [1.29, 1.82) is 0 Å². The molecule has 0 unspecified atom stereocenters. The number of benzene rings is 1. The predicted molar refractivity (Wildman–Crippen MR) is 77.3 cm³/mol. The molecule has 5 nitrogen and oxygen atoms in total. The van der Waals surface area contributed by atoms with Gasteiger partial charge in [0.1, 0.15) is 18.1 Å². The molecule has 3 N–H and O–H groups in total. The molecular formula is C14H14ClN3O2. The summed E-state index contributed by atoms with van der Waals surface area (Å²) in [7, 11) is 0. The third-order valence-corrected chi connectivity index (χ3v) is 2.99. The van der Waals surface area contributed by atoms with E-state index in [1.165, 1.54) is 0 Å². The Balaban J connectivity index is 2.13. The van der Waals surface area contributed by atoms with Crippen molar-refractivity contribution in [2.45, 2.75) is 13.5 Å². The van der Waals surface area contributed by atoms with Crippen molar-refractivity contribution in [3.63, 3.8) is 0 Å². The Labute approximate surface area is 121 Å². The highest BCUT2D eigenvalue weighted by Gasteiger charge is 2.05. The third kappa shape index (κ3) is 3.39. The number of nitrogens with zero attached hydrogens (tertiary/aromatic N) is 2. The Kier molecular flexibility index (Phi) is 4.42. The zero-order valence-corrected chi connectivity index (χ0v) is 11.6. The van der Waals surface area contributed by atoms with Gasteiger partial charge in [-0.2, -0.15) is 0 Å². The largest absolute Gasteiger partial charge is 0.487 e. The Morgan fingerprint density at radius 3 is 2.95 bits per heavy atom. The van der Waals surface area contributed by atoms with Crippen LogP contribution in [-0.2, 0) is 6.61 Å². The molecule has 20 heavy (non-hydrogen) atoms. The molecule has 0 aliphatic carbocycles. The van der Waals surface area contributed by atoms with Crippen molar-refractivity contribution < 1.29 is 9.94 Å². The van der Waals surface area contributed by atoms with E-state index in [9.17, 15) is 0 Å². The average Bonchev–Trinajstić information content (AvgIpc) is 2.47. The molecule has 1 aromatic heterocycles. The van der Waals surface area contributed by atoms with E-state index in [-0.39, 0.29) is 5.84 Å². The summed E-state index contributed by atoms with van der Waals surface area (Å²) < 4.78 is 5.67. The molecule has 0 spiro atoms. The molecule has 0 atom stereocenters. The molecule has 0 amide bonds. The summed E-state index contributed by atoms with van der Waals surface area (Å²) in [5.74, 6) is 0.578. The van der Waals surface area contributed by atoms with Gasteiger partial charge in [0, 0.05) is 6.20 Å². The summed E-state index contributed by atoms with van der Waals surface area (Å²) in [6, 6.07) is 9.06. The minimum Gasteiger partial charge on any atom is -0.487 e. The zero-order chi connectivity index (χ0) is 14.5. The SMILES string of the molecule is Cc1ccc(Cl)c(OCc2ccnc(C(N)=NO)c2)c1. The quantitative estimate of drug-likeness (QED) is 0.393. The topological polar surface area (TPSA) is 80.7 Å². The second-order valence-corrected chi connectivity index (χ2v) is 4.66. The molecule has 0 fully saturated rings. The Hall–Kier alpha value is -2.27. The standard InChI is InChI=1S/C14H14ClN3O2/c1-9-2-3-11(15)13(6-9)20-8-10-4-5-17-12(7-10)14(16)18-19/h2-7,19H,8H2,1H3,(H2,16,18). The van der Waals surface area contributed by atoms with E-state index >= 15 is 0 Å². The lowest BCUT2D eigenvalue weighted by molar-refractivity contribution is 0.306. The van der Waals surface area contributed by atoms with Gasteiger partial charge in [-0.15, -0.1) is 0 Å². The lowest BCUT2D eigenvalue weighted by Crippen LogP contribution is -2.15. The van der Waals surface area contributed by atoms with Crippen LogP contribution < -0.4 is 10.5 Å². The fourth-order valence-electron chi connectivity index (χ4n) is 1.64. The summed E-state index contributed by atoms with van der Waals surface area (Å²) in [5, 5.41) is 12.1. The summed E-state index contributed by atoms with van der Waals surface area (Å²) in [6.07, 6.45) is 1.57. The van der Waals surface area contributed by atoms with Crippen LogP contribution in [-0.4, -0.2) is 16.0 Å². The van der Waals surface area contributed by atoms with Crippen LogP contribution in [0.15, 0.2) is 41.7 Å². The molecule has 1 heterocycles. The number of oxime groups is 1. The summed E-state index contributed by atoms with van der Waals surface area (Å²) >= 11 is 6.06. The number of hydrogen-bond donors (Lipinski definition) is 2. The molecule has 2 rings (SSSR count). The number of ether oxygens (including phenoxy) is 1. The highest BCUT2D eigenvalue weighted by atomic mass is 35.5. The van der Waals surface area contributed by atoms with Crippen molar-refractivity contribution in [1.82, 2.24) is 4.98 Å². The van der Waals surface area contributed by atoms with Gasteiger partial charge in [0.15, 0.2) is 5.84 Å². The molecule has 0 saturated heterocycles. The number of halogens is 1. The van der Waals surface area contributed by atoms with Crippen LogP contribution in [0.1, 0.15) is 16.8 Å². The van der Waals surface area contributed by atoms with Crippen molar-refractivity contribution in [2.75, 3.05) is 0 Å². The van der Waals surface area contributed by atoms with Crippen molar-refractivity contribution >= 4 is 17.4 Å². The smallest absolute Gasteiger partial charge is 0.188 e. The third-order valence-electron chi connectivity index (χ3n) is 2.68. The van der Waals surface area contributed by atoms with Gasteiger partial charge in [-0.3, -0.25) is 4.98 Å². The fourth-order valence-corrected chi connectivity index (χ4v) is 1.81. The second kappa shape index (κ2) is 6.25. The monoisotopic (exact) mass is 291 g/mol. The van der Waals surface area contributed by atoms with E-state index in [1.807, 2.05) is 19.1 Å². The highest BCUT2D eigenvalue weighted by Crippen LogP contribution is 2.26. The maximum absolute atomic E-state index is 8.63. The van der Waals surface area contributed by atoms with Gasteiger partial charge in [-0.1, -0.05) is 22.8 Å². The first-order valence-electron chi connectivity index (χ1n) is 5.92. The molecule has 0 saturated carbocycles. The zero-order valence-electron chi connectivity index (χ0n) is 10.9. The second-order valence-electron chi connectivity index (χ2n) is 4.26. The Bertz CT molecular complexity index is 644. The van der Waals surface area contributed by atoms with Gasteiger partial charge in [-0.05, 0) is 42.3 Å². The number of aromatic nitrogens is 1. The molecule has 6 heteroatoms. The maximum atomic E-state index is 8.63. The Morgan fingerprint density at radius 2 is 2.20 bits per heavy atom. The molecule has 0 aliphatic heterocycles. The normalized spacial score (nSPS) is 11.4. The van der Waals surface area contributed by atoms with Gasteiger partial charge in [-0.25, -0.2) is 0 Å². The number of hydrogen-bond acceptors (Lipinski definition) is 4. The Morgan fingerprint density at radius 1 is 1.40 bits per heavy atom. The van der Waals surface area contributed by atoms with Crippen LogP contribution in [0.2, 0.25) is 5.02 Å². The lowest BCUT2D eigenvalue weighted by atomic mass is 10.2. The van der Waals surface area contributed by atoms with Crippen LogP contribution in [0.25, 0.3) is 0 Å². The molecule has 104 valence electrons. The summed E-state index contributed by atoms with van der Waals surface area (Å²) in [6.45, 7) is 2.28. The van der Waals surface area contributed by atoms with Gasteiger partial charge < -0.3 is 15.7 Å². The van der Waals surface area contributed by atoms with Gasteiger partial charge in [0.25, 0.3) is 0 Å². The number of rotatable bonds is 4. The number of aryl methyl sites for hydroxylation is 1. The van der Waals surface area contributed by atoms with Crippen molar-refractivity contribution in [2.24, 2.45) is 10.9 Å². The minimum atomic E-state index is -0.0413. The van der Waals surface area contributed by atoms with Crippen molar-refractivity contribution in [3.8, 4) is 5.75 Å². The van der Waals surface area contributed by atoms with E-state index in [0.717, 1.165) is 11.1 Å². The first-order chi connectivity index (χ1) is 9.60. The number of pyridine rings is 1. The van der Waals surface area contributed by atoms with E-state index < -0.39 is 0 Å². The fraction of sp³-hybridized carbons (Fsp3) is 0.143. The number of amidine groups is 1. The minimum absolute atomic E-state index is 0.0413. The molecule has 1 aromatic carbocycles. The van der Waals surface area contributed by atoms with Crippen LogP contribution in [0.5, 0.6) is 5.75 Å². The van der Waals surface area contributed by atoms with Gasteiger partial charge in [0.05, 0.1) is 5.02 Å². The van der Waals surface area contributed by atoms with E-state index in [4.69, 9.17) is 27.3 Å².